The highest BCUT2D eigenvalue weighted by Crippen LogP contribution is 2.22. The summed E-state index contributed by atoms with van der Waals surface area (Å²) >= 11 is 0. The molecule has 2 amide bonds. The molecule has 19 heavy (non-hydrogen) atoms. The van der Waals surface area contributed by atoms with Crippen LogP contribution in [0.3, 0.4) is 0 Å². The molecule has 1 aliphatic rings. The van der Waals surface area contributed by atoms with Crippen LogP contribution in [0.25, 0.3) is 0 Å². The number of unbranched alkanes of at least 4 members (excludes halogenated alkanes) is 1. The molecular formula is C13H26ClN3O2. The second-order valence-corrected chi connectivity index (χ2v) is 5.02. The minimum absolute atomic E-state index is 0. The van der Waals surface area contributed by atoms with E-state index in [4.69, 9.17) is 5.73 Å². The fourth-order valence-corrected chi connectivity index (χ4v) is 2.32. The molecule has 1 aliphatic heterocycles. The van der Waals surface area contributed by atoms with Crippen molar-refractivity contribution in [3.05, 3.63) is 0 Å². The number of carbonyl (C=O) groups excluding carboxylic acids is 2. The van der Waals surface area contributed by atoms with E-state index in [1.54, 1.807) is 4.90 Å². The largest absolute Gasteiger partial charge is 0.356 e. The van der Waals surface area contributed by atoms with Crippen molar-refractivity contribution in [3.8, 4) is 0 Å². The van der Waals surface area contributed by atoms with Crippen molar-refractivity contribution in [3.63, 3.8) is 0 Å². The zero-order chi connectivity index (χ0) is 13.5. The van der Waals surface area contributed by atoms with Crippen LogP contribution >= 0.6 is 12.4 Å². The summed E-state index contributed by atoms with van der Waals surface area (Å²) in [5.74, 6) is -0.0627. The topological polar surface area (TPSA) is 75.4 Å². The number of rotatable bonds is 5. The summed E-state index contributed by atoms with van der Waals surface area (Å²) in [6.45, 7) is 5.37. The van der Waals surface area contributed by atoms with Crippen LogP contribution in [-0.4, -0.2) is 42.4 Å². The minimum atomic E-state index is -0.0754. The van der Waals surface area contributed by atoms with Gasteiger partial charge in [0, 0.05) is 19.1 Å². The van der Waals surface area contributed by atoms with Crippen LogP contribution < -0.4 is 11.1 Å². The van der Waals surface area contributed by atoms with Crippen LogP contribution in [0.4, 0.5) is 0 Å². The van der Waals surface area contributed by atoms with Gasteiger partial charge in [-0.25, -0.2) is 0 Å². The smallest absolute Gasteiger partial charge is 0.236 e. The van der Waals surface area contributed by atoms with Gasteiger partial charge in [0.1, 0.15) is 0 Å². The first-order valence-electron chi connectivity index (χ1n) is 6.87. The van der Waals surface area contributed by atoms with Crippen molar-refractivity contribution < 1.29 is 9.59 Å². The monoisotopic (exact) mass is 291 g/mol. The number of halogens is 1. The van der Waals surface area contributed by atoms with E-state index in [0.29, 0.717) is 6.54 Å². The number of carbonyl (C=O) groups is 2. The lowest BCUT2D eigenvalue weighted by molar-refractivity contribution is -0.137. The average molecular weight is 292 g/mol. The number of nitrogens with two attached hydrogens (primary N) is 1. The van der Waals surface area contributed by atoms with Gasteiger partial charge in [0.25, 0.3) is 0 Å². The van der Waals surface area contributed by atoms with E-state index in [9.17, 15) is 9.59 Å². The minimum Gasteiger partial charge on any atom is -0.356 e. The Kier molecular flexibility index (Phi) is 8.76. The number of likely N-dealkylation sites (tertiary alicyclic amines) is 1. The Balaban J connectivity index is 0.00000324. The highest BCUT2D eigenvalue weighted by molar-refractivity contribution is 5.85. The van der Waals surface area contributed by atoms with Gasteiger partial charge in [0.15, 0.2) is 0 Å². The summed E-state index contributed by atoms with van der Waals surface area (Å²) in [6.07, 6.45) is 3.80. The summed E-state index contributed by atoms with van der Waals surface area (Å²) in [4.78, 5) is 25.4. The third kappa shape index (κ3) is 5.37. The standard InChI is InChI=1S/C13H25N3O2.ClH/c1-3-4-7-15-13(18)11-6-5-10(2)16(9-11)12(17)8-14;/h10-11H,3-9,14H2,1-2H3,(H,15,18);1H. The summed E-state index contributed by atoms with van der Waals surface area (Å²) < 4.78 is 0. The molecule has 0 aromatic heterocycles. The third-order valence-electron chi connectivity index (χ3n) is 3.58. The molecule has 112 valence electrons. The van der Waals surface area contributed by atoms with E-state index < -0.39 is 0 Å². The quantitative estimate of drug-likeness (QED) is 0.739. The summed E-state index contributed by atoms with van der Waals surface area (Å²) in [6, 6.07) is 0.195. The third-order valence-corrected chi connectivity index (χ3v) is 3.58. The van der Waals surface area contributed by atoms with Crippen molar-refractivity contribution in [2.24, 2.45) is 11.7 Å². The van der Waals surface area contributed by atoms with E-state index in [2.05, 4.69) is 12.2 Å². The lowest BCUT2D eigenvalue weighted by Crippen LogP contribution is -2.51. The van der Waals surface area contributed by atoms with Gasteiger partial charge in [-0.15, -0.1) is 12.4 Å². The molecule has 0 bridgehead atoms. The van der Waals surface area contributed by atoms with Crippen LogP contribution in [0.2, 0.25) is 0 Å². The molecule has 2 unspecified atom stereocenters. The maximum absolute atomic E-state index is 12.0. The predicted octanol–water partition coefficient (Wildman–Crippen LogP) is 0.910. The Bertz CT molecular complexity index is 300. The maximum Gasteiger partial charge on any atom is 0.236 e. The second-order valence-electron chi connectivity index (χ2n) is 5.02. The number of hydrogen-bond donors (Lipinski definition) is 2. The Morgan fingerprint density at radius 2 is 2.05 bits per heavy atom. The molecule has 0 aromatic rings. The van der Waals surface area contributed by atoms with Crippen molar-refractivity contribution in [1.29, 1.82) is 0 Å². The highest BCUT2D eigenvalue weighted by atomic mass is 35.5. The van der Waals surface area contributed by atoms with Gasteiger partial charge in [-0.1, -0.05) is 13.3 Å². The van der Waals surface area contributed by atoms with E-state index in [0.717, 1.165) is 32.2 Å². The molecule has 0 radical (unpaired) electrons. The zero-order valence-corrected chi connectivity index (χ0v) is 12.7. The van der Waals surface area contributed by atoms with Gasteiger partial charge < -0.3 is 16.0 Å². The Hall–Kier alpha value is -0.810. The Morgan fingerprint density at radius 3 is 2.63 bits per heavy atom. The molecule has 0 aliphatic carbocycles. The average Bonchev–Trinajstić information content (AvgIpc) is 2.38. The summed E-state index contributed by atoms with van der Waals surface area (Å²) in [5.41, 5.74) is 5.39. The van der Waals surface area contributed by atoms with Crippen molar-refractivity contribution in [2.75, 3.05) is 19.6 Å². The van der Waals surface area contributed by atoms with Crippen LogP contribution in [0.1, 0.15) is 39.5 Å². The van der Waals surface area contributed by atoms with Gasteiger partial charge in [-0.05, 0) is 26.2 Å². The first-order valence-corrected chi connectivity index (χ1v) is 6.87. The molecule has 0 aromatic carbocycles. The van der Waals surface area contributed by atoms with Crippen LogP contribution in [-0.2, 0) is 9.59 Å². The normalized spacial score (nSPS) is 22.6. The number of amides is 2. The lowest BCUT2D eigenvalue weighted by atomic mass is 9.92. The van der Waals surface area contributed by atoms with E-state index >= 15 is 0 Å². The lowest BCUT2D eigenvalue weighted by Gasteiger charge is -2.37. The van der Waals surface area contributed by atoms with Gasteiger partial charge >= 0.3 is 0 Å². The van der Waals surface area contributed by atoms with E-state index in [-0.39, 0.29) is 42.7 Å². The fraction of sp³-hybridized carbons (Fsp3) is 0.846. The van der Waals surface area contributed by atoms with Crippen molar-refractivity contribution >= 4 is 24.2 Å². The molecule has 2 atom stereocenters. The van der Waals surface area contributed by atoms with Gasteiger partial charge in [-0.3, -0.25) is 9.59 Å². The molecule has 0 saturated carbocycles. The van der Waals surface area contributed by atoms with E-state index in [1.165, 1.54) is 0 Å². The van der Waals surface area contributed by atoms with Crippen molar-refractivity contribution in [1.82, 2.24) is 10.2 Å². The number of nitrogens with one attached hydrogen (secondary N) is 1. The van der Waals surface area contributed by atoms with Gasteiger partial charge in [-0.2, -0.15) is 0 Å². The van der Waals surface area contributed by atoms with E-state index in [1.807, 2.05) is 6.92 Å². The molecule has 1 saturated heterocycles. The zero-order valence-electron chi connectivity index (χ0n) is 11.9. The van der Waals surface area contributed by atoms with Crippen LogP contribution in [0, 0.1) is 5.92 Å². The fourth-order valence-electron chi connectivity index (χ4n) is 2.32. The molecular weight excluding hydrogens is 266 g/mol. The first-order chi connectivity index (χ1) is 8.60. The van der Waals surface area contributed by atoms with Gasteiger partial charge in [0.2, 0.25) is 11.8 Å². The molecule has 1 heterocycles. The van der Waals surface area contributed by atoms with Crippen LogP contribution in [0.5, 0.6) is 0 Å². The molecule has 6 heteroatoms. The summed E-state index contributed by atoms with van der Waals surface area (Å²) in [7, 11) is 0. The predicted molar refractivity (Wildman–Crippen MR) is 78.1 cm³/mol. The second kappa shape index (κ2) is 9.15. The molecule has 1 fully saturated rings. The number of nitrogens with zero attached hydrogens (tertiary/aromatic N) is 1. The summed E-state index contributed by atoms with van der Waals surface area (Å²) in [5, 5.41) is 2.94. The maximum atomic E-state index is 12.0. The molecule has 0 spiro atoms. The highest BCUT2D eigenvalue weighted by Gasteiger charge is 2.31. The molecule has 1 rings (SSSR count). The Labute approximate surface area is 121 Å². The number of hydrogen-bond acceptors (Lipinski definition) is 3. The van der Waals surface area contributed by atoms with Crippen molar-refractivity contribution in [2.45, 2.75) is 45.6 Å². The van der Waals surface area contributed by atoms with Crippen LogP contribution in [0.15, 0.2) is 0 Å². The first kappa shape index (κ1) is 18.2. The molecule has 5 nitrogen and oxygen atoms in total. The number of piperidine rings is 1. The SMILES string of the molecule is CCCCNC(=O)C1CCC(C)N(C(=O)CN)C1.Cl. The molecule has 3 N–H and O–H groups in total. The Morgan fingerprint density at radius 1 is 1.37 bits per heavy atom. The van der Waals surface area contributed by atoms with Gasteiger partial charge in [0.05, 0.1) is 12.5 Å².